The maximum atomic E-state index is 12.8. The van der Waals surface area contributed by atoms with Crippen molar-refractivity contribution >= 4 is 17.7 Å². The van der Waals surface area contributed by atoms with E-state index in [9.17, 15) is 14.7 Å². The van der Waals surface area contributed by atoms with Gasteiger partial charge in [-0.15, -0.1) is 0 Å². The molecule has 0 unspecified atom stereocenters. The van der Waals surface area contributed by atoms with E-state index in [2.05, 4.69) is 10.3 Å². The van der Waals surface area contributed by atoms with Gasteiger partial charge in [0.2, 0.25) is 5.89 Å². The van der Waals surface area contributed by atoms with Gasteiger partial charge in [-0.3, -0.25) is 4.79 Å². The average Bonchev–Trinajstić information content (AvgIpc) is 3.54. The van der Waals surface area contributed by atoms with E-state index in [1.54, 1.807) is 17.0 Å². The van der Waals surface area contributed by atoms with Gasteiger partial charge in [-0.2, -0.15) is 0 Å². The molecule has 1 aliphatic rings. The first-order chi connectivity index (χ1) is 19.0. The number of aliphatic carboxylic acids is 1. The van der Waals surface area contributed by atoms with Gasteiger partial charge in [0.1, 0.15) is 11.5 Å². The second kappa shape index (κ2) is 11.9. The Morgan fingerprint density at radius 3 is 2.51 bits per heavy atom. The van der Waals surface area contributed by atoms with Crippen molar-refractivity contribution in [2.24, 2.45) is 11.8 Å². The minimum atomic E-state index is -0.889. The number of carbonyl (C=O) groups is 2. The third-order valence-electron chi connectivity index (χ3n) is 6.99. The van der Waals surface area contributed by atoms with Gasteiger partial charge in [0.05, 0.1) is 18.2 Å². The molecule has 3 aromatic carbocycles. The predicted octanol–water partition coefficient (Wildman–Crippen LogP) is 5.68. The second-order valence-electron chi connectivity index (χ2n) is 9.74. The Labute approximate surface area is 227 Å². The van der Waals surface area contributed by atoms with Gasteiger partial charge < -0.3 is 24.5 Å². The van der Waals surface area contributed by atoms with Gasteiger partial charge in [0.15, 0.2) is 0 Å². The maximum Gasteiger partial charge on any atom is 0.321 e. The van der Waals surface area contributed by atoms with Crippen molar-refractivity contribution in [2.75, 3.05) is 25.0 Å². The Kier molecular flexibility index (Phi) is 7.91. The number of carboxylic acids is 1. The van der Waals surface area contributed by atoms with Crippen LogP contribution in [0.15, 0.2) is 89.3 Å². The number of rotatable bonds is 9. The van der Waals surface area contributed by atoms with Crippen LogP contribution >= 0.6 is 0 Å². The van der Waals surface area contributed by atoms with Crippen LogP contribution in [0, 0.1) is 18.8 Å². The number of carbonyl (C=O) groups excluding carboxylic acids is 1. The van der Waals surface area contributed by atoms with Gasteiger partial charge in [-0.1, -0.05) is 48.5 Å². The summed E-state index contributed by atoms with van der Waals surface area (Å²) >= 11 is 0. The summed E-state index contributed by atoms with van der Waals surface area (Å²) in [7, 11) is 0. The second-order valence-corrected chi connectivity index (χ2v) is 9.74. The molecule has 8 nitrogen and oxygen atoms in total. The third kappa shape index (κ3) is 6.46. The fraction of sp³-hybridized carbons (Fsp3) is 0.258. The molecule has 0 aliphatic carbocycles. The fourth-order valence-electron chi connectivity index (χ4n) is 4.94. The molecular weight excluding hydrogens is 494 g/mol. The first-order valence-corrected chi connectivity index (χ1v) is 13.0. The molecule has 200 valence electrons. The molecule has 1 aliphatic heterocycles. The zero-order chi connectivity index (χ0) is 27.2. The molecular formula is C31H31N3O5. The van der Waals surface area contributed by atoms with E-state index in [0.29, 0.717) is 43.3 Å². The summed E-state index contributed by atoms with van der Waals surface area (Å²) in [5, 5.41) is 12.7. The van der Waals surface area contributed by atoms with Crippen LogP contribution in [0.4, 0.5) is 10.5 Å². The Hall–Kier alpha value is -4.59. The molecule has 2 N–H and O–H groups in total. The maximum absolute atomic E-state index is 12.8. The molecule has 2 atom stereocenters. The largest absolute Gasteiger partial charge is 0.493 e. The lowest BCUT2D eigenvalue weighted by molar-refractivity contribution is -0.142. The molecule has 39 heavy (non-hydrogen) atoms. The zero-order valence-corrected chi connectivity index (χ0v) is 21.7. The summed E-state index contributed by atoms with van der Waals surface area (Å²) in [4.78, 5) is 31.0. The number of para-hydroxylation sites is 1. The number of anilines is 1. The van der Waals surface area contributed by atoms with Crippen molar-refractivity contribution in [3.05, 3.63) is 102 Å². The van der Waals surface area contributed by atoms with E-state index in [1.165, 1.54) is 0 Å². The van der Waals surface area contributed by atoms with Crippen molar-refractivity contribution in [1.82, 2.24) is 9.88 Å². The number of nitrogens with zero attached hydrogens (tertiary/aromatic N) is 2. The summed E-state index contributed by atoms with van der Waals surface area (Å²) in [6, 6.07) is 26.4. The molecule has 8 heteroatoms. The first-order valence-electron chi connectivity index (χ1n) is 13.0. The highest BCUT2D eigenvalue weighted by atomic mass is 16.5. The highest BCUT2D eigenvalue weighted by molar-refractivity contribution is 5.90. The van der Waals surface area contributed by atoms with E-state index in [0.717, 1.165) is 22.6 Å². The van der Waals surface area contributed by atoms with Crippen LogP contribution < -0.4 is 10.1 Å². The minimum Gasteiger partial charge on any atom is -0.493 e. The molecule has 1 fully saturated rings. The number of urea groups is 1. The quantitative estimate of drug-likeness (QED) is 0.291. The molecule has 2 heterocycles. The van der Waals surface area contributed by atoms with Crippen LogP contribution in [-0.4, -0.2) is 46.7 Å². The Balaban J connectivity index is 1.18. The lowest BCUT2D eigenvalue weighted by Gasteiger charge is -2.17. The van der Waals surface area contributed by atoms with E-state index in [4.69, 9.17) is 9.15 Å². The van der Waals surface area contributed by atoms with Crippen molar-refractivity contribution in [1.29, 1.82) is 0 Å². The molecule has 4 aromatic rings. The number of nitrogens with one attached hydrogen (secondary N) is 1. The topological polar surface area (TPSA) is 105 Å². The molecule has 0 saturated carbocycles. The van der Waals surface area contributed by atoms with E-state index < -0.39 is 11.9 Å². The van der Waals surface area contributed by atoms with E-state index >= 15 is 0 Å². The van der Waals surface area contributed by atoms with Gasteiger partial charge in [-0.25, -0.2) is 9.78 Å². The number of hydrogen-bond donors (Lipinski definition) is 2. The number of aryl methyl sites for hydroxylation is 1. The summed E-state index contributed by atoms with van der Waals surface area (Å²) in [6.07, 6.45) is 1.13. The summed E-state index contributed by atoms with van der Waals surface area (Å²) < 4.78 is 11.9. The lowest BCUT2D eigenvalue weighted by atomic mass is 9.90. The lowest BCUT2D eigenvalue weighted by Crippen LogP contribution is -2.33. The number of hydrogen-bond acceptors (Lipinski definition) is 5. The van der Waals surface area contributed by atoms with Crippen LogP contribution in [-0.2, 0) is 17.6 Å². The number of carboxylic acid groups (broad SMARTS) is 1. The van der Waals surface area contributed by atoms with Gasteiger partial charge in [-0.05, 0) is 61.2 Å². The van der Waals surface area contributed by atoms with Crippen LogP contribution in [0.25, 0.3) is 11.5 Å². The SMILES string of the molecule is Cc1oc(-c2ccccc2)nc1CCOc1cccc(C[C@@H]2CN(C(=O)Nc3ccccc3)C[C@@H]2C(=O)O)c1. The van der Waals surface area contributed by atoms with Gasteiger partial charge >= 0.3 is 12.0 Å². The summed E-state index contributed by atoms with van der Waals surface area (Å²) in [5.74, 6) is 0.355. The summed E-state index contributed by atoms with van der Waals surface area (Å²) in [5.41, 5.74) is 3.44. The van der Waals surface area contributed by atoms with Crippen molar-refractivity contribution in [3.63, 3.8) is 0 Å². The number of ether oxygens (including phenoxy) is 1. The molecule has 2 amide bonds. The number of aromatic nitrogens is 1. The van der Waals surface area contributed by atoms with Crippen molar-refractivity contribution < 1.29 is 23.8 Å². The molecule has 1 saturated heterocycles. The van der Waals surface area contributed by atoms with Crippen molar-refractivity contribution in [3.8, 4) is 17.2 Å². The molecule has 5 rings (SSSR count). The molecule has 0 bridgehead atoms. The fourth-order valence-corrected chi connectivity index (χ4v) is 4.94. The normalized spacial score (nSPS) is 16.7. The average molecular weight is 526 g/mol. The highest BCUT2D eigenvalue weighted by Crippen LogP contribution is 2.29. The van der Waals surface area contributed by atoms with Crippen LogP contribution in [0.2, 0.25) is 0 Å². The Morgan fingerprint density at radius 2 is 1.77 bits per heavy atom. The van der Waals surface area contributed by atoms with E-state index in [1.807, 2.05) is 79.7 Å². The smallest absolute Gasteiger partial charge is 0.321 e. The number of likely N-dealkylation sites (tertiary alicyclic amines) is 1. The highest BCUT2D eigenvalue weighted by Gasteiger charge is 2.39. The number of oxazole rings is 1. The number of benzene rings is 3. The van der Waals surface area contributed by atoms with E-state index in [-0.39, 0.29) is 18.5 Å². The first kappa shape index (κ1) is 26.0. The molecule has 1 aromatic heterocycles. The zero-order valence-electron chi connectivity index (χ0n) is 21.7. The molecule has 0 spiro atoms. The van der Waals surface area contributed by atoms with Crippen LogP contribution in [0.1, 0.15) is 17.0 Å². The van der Waals surface area contributed by atoms with Crippen LogP contribution in [0.5, 0.6) is 5.75 Å². The van der Waals surface area contributed by atoms with Gasteiger partial charge in [0, 0.05) is 30.8 Å². The standard InChI is InChI=1S/C31H31N3O5/c1-21-28(33-29(39-21)23-10-4-2-5-11-23)15-16-38-26-14-8-9-22(18-26)17-24-19-34(20-27(24)30(35)36)31(37)32-25-12-6-3-7-13-25/h2-14,18,24,27H,15-17,19-20H2,1H3,(H,32,37)(H,35,36)/t24-,27+/m1/s1. The predicted molar refractivity (Wildman–Crippen MR) is 148 cm³/mol. The minimum absolute atomic E-state index is 0.177. The van der Waals surface area contributed by atoms with Crippen molar-refractivity contribution in [2.45, 2.75) is 19.8 Å². The van der Waals surface area contributed by atoms with Gasteiger partial charge in [0.25, 0.3) is 0 Å². The Morgan fingerprint density at radius 1 is 1.03 bits per heavy atom. The third-order valence-corrected chi connectivity index (χ3v) is 6.99. The Bertz CT molecular complexity index is 1420. The van der Waals surface area contributed by atoms with Crippen LogP contribution in [0.3, 0.4) is 0 Å². The monoisotopic (exact) mass is 525 g/mol. The summed E-state index contributed by atoms with van der Waals surface area (Å²) in [6.45, 7) is 2.88. The molecule has 0 radical (unpaired) electrons. The number of amides is 2.